The molecule has 0 saturated heterocycles. The number of benzene rings is 2. The molecular formula is C21H20N2O3S2. The Bertz CT molecular complexity index is 1040. The van der Waals surface area contributed by atoms with E-state index in [0.29, 0.717) is 17.8 Å². The molecule has 0 radical (unpaired) electrons. The second-order valence-electron chi connectivity index (χ2n) is 6.76. The maximum absolute atomic E-state index is 13.0. The fourth-order valence-electron chi connectivity index (χ4n) is 3.00. The summed E-state index contributed by atoms with van der Waals surface area (Å²) in [4.78, 5) is 14.9. The SMILES string of the molecule is O=C(c1ccc(NS(=O)(=O)c2cccs2)cc1)N(Cc1ccccc1)C1CC1. The molecule has 2 aromatic carbocycles. The summed E-state index contributed by atoms with van der Waals surface area (Å²) in [7, 11) is -3.59. The van der Waals surface area contributed by atoms with Crippen LogP contribution in [0.25, 0.3) is 0 Å². The van der Waals surface area contributed by atoms with E-state index in [4.69, 9.17) is 0 Å². The smallest absolute Gasteiger partial charge is 0.271 e. The maximum Gasteiger partial charge on any atom is 0.271 e. The van der Waals surface area contributed by atoms with Gasteiger partial charge in [-0.2, -0.15) is 0 Å². The quantitative estimate of drug-likeness (QED) is 0.627. The van der Waals surface area contributed by atoms with E-state index in [1.807, 2.05) is 35.2 Å². The molecule has 5 nitrogen and oxygen atoms in total. The first-order valence-corrected chi connectivity index (χ1v) is 11.4. The van der Waals surface area contributed by atoms with Crippen LogP contribution in [0.1, 0.15) is 28.8 Å². The van der Waals surface area contributed by atoms with E-state index in [0.717, 1.165) is 29.7 Å². The van der Waals surface area contributed by atoms with Crippen molar-refractivity contribution in [2.24, 2.45) is 0 Å². The molecule has 1 N–H and O–H groups in total. The predicted octanol–water partition coefficient (Wildman–Crippen LogP) is 4.35. The first-order chi connectivity index (χ1) is 13.5. The number of sulfonamides is 1. The number of nitrogens with one attached hydrogen (secondary N) is 1. The van der Waals surface area contributed by atoms with Crippen molar-refractivity contribution in [3.8, 4) is 0 Å². The van der Waals surface area contributed by atoms with E-state index in [-0.39, 0.29) is 16.2 Å². The van der Waals surface area contributed by atoms with Gasteiger partial charge in [0.1, 0.15) is 4.21 Å². The third kappa shape index (κ3) is 4.26. The Morgan fingerprint density at radius 1 is 1.00 bits per heavy atom. The Hall–Kier alpha value is -2.64. The highest BCUT2D eigenvalue weighted by Crippen LogP contribution is 2.30. The lowest BCUT2D eigenvalue weighted by atomic mass is 10.1. The second-order valence-corrected chi connectivity index (χ2v) is 9.62. The van der Waals surface area contributed by atoms with Gasteiger partial charge < -0.3 is 4.90 Å². The summed E-state index contributed by atoms with van der Waals surface area (Å²) >= 11 is 1.16. The molecule has 1 aliphatic rings. The van der Waals surface area contributed by atoms with Gasteiger partial charge in [-0.3, -0.25) is 9.52 Å². The van der Waals surface area contributed by atoms with Crippen LogP contribution in [0, 0.1) is 0 Å². The zero-order chi connectivity index (χ0) is 19.6. The lowest BCUT2D eigenvalue weighted by Crippen LogP contribution is -2.32. The summed E-state index contributed by atoms with van der Waals surface area (Å²) in [6.45, 7) is 0.580. The predicted molar refractivity (Wildman–Crippen MR) is 111 cm³/mol. The summed E-state index contributed by atoms with van der Waals surface area (Å²) in [5.74, 6) is -0.0287. The maximum atomic E-state index is 13.0. The molecule has 1 aliphatic carbocycles. The summed E-state index contributed by atoms with van der Waals surface area (Å²) < 4.78 is 27.4. The van der Waals surface area contributed by atoms with Crippen LogP contribution < -0.4 is 4.72 Å². The Balaban J connectivity index is 1.48. The van der Waals surface area contributed by atoms with E-state index in [9.17, 15) is 13.2 Å². The van der Waals surface area contributed by atoms with Crippen molar-refractivity contribution in [1.82, 2.24) is 4.90 Å². The van der Waals surface area contributed by atoms with Crippen molar-refractivity contribution in [3.63, 3.8) is 0 Å². The number of hydrogen-bond acceptors (Lipinski definition) is 4. The average molecular weight is 413 g/mol. The molecule has 1 saturated carbocycles. The first-order valence-electron chi connectivity index (χ1n) is 9.04. The molecule has 1 amide bonds. The van der Waals surface area contributed by atoms with Gasteiger partial charge in [-0.15, -0.1) is 11.3 Å². The third-order valence-electron chi connectivity index (χ3n) is 4.59. The van der Waals surface area contributed by atoms with Gasteiger partial charge in [0.05, 0.1) is 0 Å². The molecular weight excluding hydrogens is 392 g/mol. The lowest BCUT2D eigenvalue weighted by molar-refractivity contribution is 0.0730. The van der Waals surface area contributed by atoms with E-state index in [1.54, 1.807) is 41.8 Å². The van der Waals surface area contributed by atoms with Crippen molar-refractivity contribution < 1.29 is 13.2 Å². The van der Waals surface area contributed by atoms with Crippen molar-refractivity contribution in [2.45, 2.75) is 29.6 Å². The number of nitrogens with zero attached hydrogens (tertiary/aromatic N) is 1. The minimum atomic E-state index is -3.59. The molecule has 1 fully saturated rings. The number of carbonyl (C=O) groups excluding carboxylic acids is 1. The van der Waals surface area contributed by atoms with Crippen LogP contribution in [-0.4, -0.2) is 25.3 Å². The molecule has 0 atom stereocenters. The fourth-order valence-corrected chi connectivity index (χ4v) is 5.05. The summed E-state index contributed by atoms with van der Waals surface area (Å²) in [5, 5.41) is 1.72. The topological polar surface area (TPSA) is 66.5 Å². The second kappa shape index (κ2) is 7.77. The standard InChI is InChI=1S/C21H20N2O3S2/c24-21(23(19-12-13-19)15-16-5-2-1-3-6-16)17-8-10-18(11-9-17)22-28(25,26)20-7-4-14-27-20/h1-11,14,19,22H,12-13,15H2. The largest absolute Gasteiger partial charge is 0.331 e. The molecule has 1 heterocycles. The van der Waals surface area contributed by atoms with E-state index >= 15 is 0 Å². The molecule has 3 aromatic rings. The summed E-state index contributed by atoms with van der Waals surface area (Å²) in [6.07, 6.45) is 2.05. The molecule has 0 spiro atoms. The summed E-state index contributed by atoms with van der Waals surface area (Å²) in [6, 6.07) is 20.1. The Kier molecular flexibility index (Phi) is 5.19. The minimum Gasteiger partial charge on any atom is -0.331 e. The average Bonchev–Trinajstić information content (AvgIpc) is 3.38. The lowest BCUT2D eigenvalue weighted by Gasteiger charge is -2.23. The summed E-state index contributed by atoms with van der Waals surface area (Å²) in [5.41, 5.74) is 2.09. The Morgan fingerprint density at radius 3 is 2.32 bits per heavy atom. The van der Waals surface area contributed by atoms with Crippen LogP contribution in [0.5, 0.6) is 0 Å². The van der Waals surface area contributed by atoms with Crippen LogP contribution in [0.3, 0.4) is 0 Å². The minimum absolute atomic E-state index is 0.0287. The molecule has 144 valence electrons. The van der Waals surface area contributed by atoms with Crippen LogP contribution >= 0.6 is 11.3 Å². The van der Waals surface area contributed by atoms with Crippen LogP contribution in [0.15, 0.2) is 76.3 Å². The highest BCUT2D eigenvalue weighted by molar-refractivity contribution is 7.94. The number of amides is 1. The van der Waals surface area contributed by atoms with Gasteiger partial charge in [-0.05, 0) is 54.1 Å². The number of thiophene rings is 1. The monoisotopic (exact) mass is 412 g/mol. The van der Waals surface area contributed by atoms with Gasteiger partial charge in [0.15, 0.2) is 0 Å². The van der Waals surface area contributed by atoms with E-state index < -0.39 is 10.0 Å². The number of anilines is 1. The fraction of sp³-hybridized carbons (Fsp3) is 0.190. The number of rotatable bonds is 7. The van der Waals surface area contributed by atoms with Crippen LogP contribution in [-0.2, 0) is 16.6 Å². The Labute approximate surface area is 168 Å². The first kappa shape index (κ1) is 18.7. The van der Waals surface area contributed by atoms with Gasteiger partial charge in [0.25, 0.3) is 15.9 Å². The number of carbonyl (C=O) groups is 1. The van der Waals surface area contributed by atoms with Crippen molar-refractivity contribution in [1.29, 1.82) is 0 Å². The highest BCUT2D eigenvalue weighted by Gasteiger charge is 2.33. The molecule has 0 aliphatic heterocycles. The number of hydrogen-bond donors (Lipinski definition) is 1. The zero-order valence-electron chi connectivity index (χ0n) is 15.1. The molecule has 4 rings (SSSR count). The van der Waals surface area contributed by atoms with Gasteiger partial charge in [0, 0.05) is 23.8 Å². The highest BCUT2D eigenvalue weighted by atomic mass is 32.2. The van der Waals surface area contributed by atoms with Crippen molar-refractivity contribution in [2.75, 3.05) is 4.72 Å². The molecule has 0 unspecified atom stereocenters. The van der Waals surface area contributed by atoms with Gasteiger partial charge in [-0.25, -0.2) is 8.42 Å². The van der Waals surface area contributed by atoms with Crippen LogP contribution in [0.2, 0.25) is 0 Å². The zero-order valence-corrected chi connectivity index (χ0v) is 16.7. The van der Waals surface area contributed by atoms with Crippen molar-refractivity contribution >= 4 is 33.0 Å². The molecule has 28 heavy (non-hydrogen) atoms. The molecule has 0 bridgehead atoms. The Morgan fingerprint density at radius 2 is 1.71 bits per heavy atom. The third-order valence-corrected chi connectivity index (χ3v) is 7.37. The van der Waals surface area contributed by atoms with Crippen LogP contribution in [0.4, 0.5) is 5.69 Å². The normalized spacial score (nSPS) is 13.9. The van der Waals surface area contributed by atoms with Gasteiger partial charge in [-0.1, -0.05) is 36.4 Å². The van der Waals surface area contributed by atoms with E-state index in [1.165, 1.54) is 0 Å². The molecule has 7 heteroatoms. The van der Waals surface area contributed by atoms with E-state index in [2.05, 4.69) is 4.72 Å². The van der Waals surface area contributed by atoms with Gasteiger partial charge in [0.2, 0.25) is 0 Å². The molecule has 1 aromatic heterocycles. The van der Waals surface area contributed by atoms with Crippen molar-refractivity contribution in [3.05, 3.63) is 83.2 Å². The van der Waals surface area contributed by atoms with Gasteiger partial charge >= 0.3 is 0 Å².